The Balaban J connectivity index is 1.87. The fourth-order valence-electron chi connectivity index (χ4n) is 2.73. The van der Waals surface area contributed by atoms with Gasteiger partial charge < -0.3 is 5.32 Å². The Hall–Kier alpha value is -2.49. The third-order valence-electron chi connectivity index (χ3n) is 3.58. The van der Waals surface area contributed by atoms with E-state index in [1.807, 2.05) is 42.6 Å². The van der Waals surface area contributed by atoms with Crippen LogP contribution in [0.2, 0.25) is 0 Å². The predicted octanol–water partition coefficient (Wildman–Crippen LogP) is 3.78. The van der Waals surface area contributed by atoms with Gasteiger partial charge >= 0.3 is 5.82 Å². The smallest absolute Gasteiger partial charge is 0.321 e. The maximum absolute atomic E-state index is 4.73. The van der Waals surface area contributed by atoms with Crippen LogP contribution in [-0.4, -0.2) is 10.7 Å². The Morgan fingerprint density at radius 2 is 2.00 bits per heavy atom. The summed E-state index contributed by atoms with van der Waals surface area (Å²) in [6.07, 6.45) is 7.78. The minimum Gasteiger partial charge on any atom is -0.344 e. The van der Waals surface area contributed by atoms with Crippen LogP contribution in [0.5, 0.6) is 0 Å². The second kappa shape index (κ2) is 6.10. The standard InChI is InChI=1S/C18H20N4/c1-18(2)12-14(21-16-7-3-5-9-19-16)11-15(13-18)22-17-8-4-6-10-20-17/h3-11H,12-13H2,1-2H3,(H,19,21)/p+1/b22-15-. The van der Waals surface area contributed by atoms with E-state index in [2.05, 4.69) is 35.2 Å². The summed E-state index contributed by atoms with van der Waals surface area (Å²) < 4.78 is 0. The largest absolute Gasteiger partial charge is 0.344 e. The van der Waals surface area contributed by atoms with E-state index in [-0.39, 0.29) is 5.41 Å². The lowest BCUT2D eigenvalue weighted by molar-refractivity contribution is -0.362. The maximum atomic E-state index is 4.73. The molecule has 1 aliphatic rings. The predicted molar refractivity (Wildman–Crippen MR) is 89.1 cm³/mol. The zero-order chi connectivity index (χ0) is 15.4. The monoisotopic (exact) mass is 293 g/mol. The molecule has 112 valence electrons. The molecule has 0 bridgehead atoms. The van der Waals surface area contributed by atoms with Crippen molar-refractivity contribution in [3.63, 3.8) is 0 Å². The Bertz CT molecular complexity index is 688. The van der Waals surface area contributed by atoms with Crippen molar-refractivity contribution in [2.75, 3.05) is 5.32 Å². The molecule has 2 N–H and O–H groups in total. The van der Waals surface area contributed by atoms with Crippen molar-refractivity contribution in [3.05, 3.63) is 60.6 Å². The van der Waals surface area contributed by atoms with Gasteiger partial charge in [0, 0.05) is 30.5 Å². The van der Waals surface area contributed by atoms with E-state index in [1.54, 1.807) is 6.20 Å². The number of hydrogen-bond acceptors (Lipinski definition) is 3. The number of H-pyrrole nitrogens is 1. The van der Waals surface area contributed by atoms with Crippen molar-refractivity contribution in [3.8, 4) is 0 Å². The van der Waals surface area contributed by atoms with Crippen LogP contribution in [0.4, 0.5) is 11.6 Å². The Morgan fingerprint density at radius 3 is 2.73 bits per heavy atom. The number of nitrogens with one attached hydrogen (secondary N) is 2. The number of hydrogen-bond donors (Lipinski definition) is 1. The first kappa shape index (κ1) is 14.4. The minimum absolute atomic E-state index is 0.180. The highest BCUT2D eigenvalue weighted by Gasteiger charge is 2.29. The molecule has 0 amide bonds. The summed E-state index contributed by atoms with van der Waals surface area (Å²) in [5.74, 6) is 1.75. The van der Waals surface area contributed by atoms with Crippen LogP contribution in [0.25, 0.3) is 0 Å². The maximum Gasteiger partial charge on any atom is 0.321 e. The van der Waals surface area contributed by atoms with E-state index >= 15 is 0 Å². The number of pyridine rings is 2. The number of allylic oxidation sites excluding steroid dienone is 2. The third kappa shape index (κ3) is 3.79. The molecule has 4 nitrogen and oxygen atoms in total. The van der Waals surface area contributed by atoms with Crippen LogP contribution in [0.3, 0.4) is 0 Å². The first-order valence-corrected chi connectivity index (χ1v) is 7.54. The van der Waals surface area contributed by atoms with Gasteiger partial charge in [0.2, 0.25) is 0 Å². The highest BCUT2D eigenvalue weighted by molar-refractivity contribution is 5.98. The van der Waals surface area contributed by atoms with E-state index < -0.39 is 0 Å². The van der Waals surface area contributed by atoms with Gasteiger partial charge in [0.05, 0.1) is 6.20 Å². The van der Waals surface area contributed by atoms with Gasteiger partial charge in [0.15, 0.2) is 5.71 Å². The van der Waals surface area contributed by atoms with Gasteiger partial charge in [-0.05, 0) is 35.0 Å². The van der Waals surface area contributed by atoms with Gasteiger partial charge in [-0.1, -0.05) is 26.0 Å². The average Bonchev–Trinajstić information content (AvgIpc) is 2.47. The molecule has 2 aromatic rings. The summed E-state index contributed by atoms with van der Waals surface area (Å²) in [6, 6.07) is 11.8. The van der Waals surface area contributed by atoms with Gasteiger partial charge in [-0.25, -0.2) is 9.97 Å². The quantitative estimate of drug-likeness (QED) is 0.936. The molecule has 0 atom stereocenters. The van der Waals surface area contributed by atoms with Crippen LogP contribution in [0.1, 0.15) is 26.7 Å². The van der Waals surface area contributed by atoms with Gasteiger partial charge in [-0.3, -0.25) is 0 Å². The zero-order valence-corrected chi connectivity index (χ0v) is 13.0. The summed E-state index contributed by atoms with van der Waals surface area (Å²) >= 11 is 0. The van der Waals surface area contributed by atoms with E-state index in [0.29, 0.717) is 0 Å². The molecule has 0 saturated carbocycles. The van der Waals surface area contributed by atoms with Crippen LogP contribution < -0.4 is 10.3 Å². The number of nitrogens with zero attached hydrogens (tertiary/aromatic N) is 2. The highest BCUT2D eigenvalue weighted by atomic mass is 15.0. The second-order valence-corrected chi connectivity index (χ2v) is 6.38. The lowest BCUT2D eigenvalue weighted by atomic mass is 9.78. The van der Waals surface area contributed by atoms with Crippen LogP contribution in [-0.2, 0) is 0 Å². The topological polar surface area (TPSA) is 51.4 Å². The van der Waals surface area contributed by atoms with Gasteiger partial charge in [0.1, 0.15) is 5.82 Å². The minimum atomic E-state index is 0.180. The van der Waals surface area contributed by atoms with E-state index in [0.717, 1.165) is 35.9 Å². The van der Waals surface area contributed by atoms with Crippen molar-refractivity contribution in [1.29, 1.82) is 0 Å². The Kier molecular flexibility index (Phi) is 4.00. The molecule has 0 unspecified atom stereocenters. The van der Waals surface area contributed by atoms with Gasteiger partial charge in [0.25, 0.3) is 0 Å². The number of aromatic amines is 1. The molecule has 0 fully saturated rings. The summed E-state index contributed by atoms with van der Waals surface area (Å²) in [5, 5.41) is 3.41. The zero-order valence-electron chi connectivity index (χ0n) is 13.0. The van der Waals surface area contributed by atoms with Crippen LogP contribution >= 0.6 is 0 Å². The fraction of sp³-hybridized carbons (Fsp3) is 0.278. The summed E-state index contributed by atoms with van der Waals surface area (Å²) in [6.45, 7) is 4.54. The van der Waals surface area contributed by atoms with E-state index in [9.17, 15) is 0 Å². The highest BCUT2D eigenvalue weighted by Crippen LogP contribution is 2.34. The number of aliphatic imine (C=N–C) groups is 1. The van der Waals surface area contributed by atoms with Crippen molar-refractivity contribution in [1.82, 2.24) is 4.98 Å². The fourth-order valence-corrected chi connectivity index (χ4v) is 2.73. The SMILES string of the molecule is CC1(C)CC(Nc2ccccn2)=C/C(=N/c2cccc[nH+]2)C1. The molecule has 0 saturated heterocycles. The van der Waals surface area contributed by atoms with Crippen molar-refractivity contribution < 1.29 is 4.98 Å². The lowest BCUT2D eigenvalue weighted by Gasteiger charge is -2.29. The molecule has 3 rings (SSSR count). The van der Waals surface area contributed by atoms with Crippen molar-refractivity contribution >= 4 is 17.3 Å². The van der Waals surface area contributed by atoms with Crippen LogP contribution in [0, 0.1) is 5.41 Å². The molecule has 2 heterocycles. The van der Waals surface area contributed by atoms with Crippen molar-refractivity contribution in [2.24, 2.45) is 10.4 Å². The first-order valence-electron chi connectivity index (χ1n) is 7.54. The molecular formula is C18H21N4+. The molecule has 1 aliphatic carbocycles. The molecular weight excluding hydrogens is 272 g/mol. The van der Waals surface area contributed by atoms with Gasteiger partial charge in [-0.15, -0.1) is 0 Å². The molecule has 2 aromatic heterocycles. The average molecular weight is 293 g/mol. The Morgan fingerprint density at radius 1 is 1.14 bits per heavy atom. The third-order valence-corrected chi connectivity index (χ3v) is 3.58. The molecule has 0 radical (unpaired) electrons. The van der Waals surface area contributed by atoms with Crippen molar-refractivity contribution in [2.45, 2.75) is 26.7 Å². The summed E-state index contributed by atoms with van der Waals surface area (Å²) in [7, 11) is 0. The summed E-state index contributed by atoms with van der Waals surface area (Å²) in [5.41, 5.74) is 2.42. The lowest BCUT2D eigenvalue weighted by Crippen LogP contribution is -2.25. The molecule has 0 aliphatic heterocycles. The van der Waals surface area contributed by atoms with E-state index in [4.69, 9.17) is 4.99 Å². The second-order valence-electron chi connectivity index (χ2n) is 6.38. The van der Waals surface area contributed by atoms with E-state index in [1.165, 1.54) is 0 Å². The summed E-state index contributed by atoms with van der Waals surface area (Å²) in [4.78, 5) is 12.2. The van der Waals surface area contributed by atoms with Gasteiger partial charge in [-0.2, -0.15) is 0 Å². The first-order chi connectivity index (χ1) is 10.6. The Labute approximate surface area is 131 Å². The number of anilines is 1. The molecule has 0 aromatic carbocycles. The number of aromatic nitrogens is 2. The number of rotatable bonds is 3. The molecule has 4 heteroatoms. The molecule has 22 heavy (non-hydrogen) atoms. The molecule has 0 spiro atoms. The van der Waals surface area contributed by atoms with Crippen LogP contribution in [0.15, 0.2) is 65.6 Å². The normalized spacial score (nSPS) is 18.8.